The zero-order valence-electron chi connectivity index (χ0n) is 18.2. The second kappa shape index (κ2) is 9.55. The van der Waals surface area contributed by atoms with Gasteiger partial charge in [-0.3, -0.25) is 19.4 Å². The minimum atomic E-state index is -0.0399. The molecule has 3 fully saturated rings. The number of hydrogen-bond donors (Lipinski definition) is 1. The fourth-order valence-electron chi connectivity index (χ4n) is 5.36. The lowest BCUT2D eigenvalue weighted by Gasteiger charge is -2.39. The maximum atomic E-state index is 13.0. The minimum absolute atomic E-state index is 0.0399. The van der Waals surface area contributed by atoms with Gasteiger partial charge in [0.05, 0.1) is 0 Å². The molecule has 3 rings (SSSR count). The third kappa shape index (κ3) is 4.52. The van der Waals surface area contributed by atoms with Crippen LogP contribution in [-0.4, -0.2) is 109 Å². The zero-order chi connectivity index (χ0) is 20.3. The van der Waals surface area contributed by atoms with Crippen molar-refractivity contribution < 1.29 is 9.59 Å². The summed E-state index contributed by atoms with van der Waals surface area (Å²) in [6.45, 7) is 9.48. The lowest BCUT2D eigenvalue weighted by molar-refractivity contribution is -0.131. The highest BCUT2D eigenvalue weighted by molar-refractivity contribution is 5.83. The van der Waals surface area contributed by atoms with Crippen LogP contribution in [0.15, 0.2) is 0 Å². The smallest absolute Gasteiger partial charge is 0.239 e. The van der Waals surface area contributed by atoms with E-state index in [1.165, 1.54) is 0 Å². The van der Waals surface area contributed by atoms with Crippen LogP contribution in [0.1, 0.15) is 46.0 Å². The number of likely N-dealkylation sites (tertiary alicyclic amines) is 2. The Morgan fingerprint density at radius 3 is 2.43 bits per heavy atom. The average Bonchev–Trinajstić information content (AvgIpc) is 3.09. The summed E-state index contributed by atoms with van der Waals surface area (Å²) in [5.41, 5.74) is 0. The van der Waals surface area contributed by atoms with Gasteiger partial charge in [-0.15, -0.1) is 0 Å². The second-order valence-electron chi connectivity index (χ2n) is 8.74. The molecular weight excluding hydrogens is 354 g/mol. The number of fused-ring (bicyclic) bond motifs is 1. The first-order valence-corrected chi connectivity index (χ1v) is 11.2. The van der Waals surface area contributed by atoms with E-state index in [1.54, 1.807) is 0 Å². The number of likely N-dealkylation sites (N-methyl/N-ethyl adjacent to an activating group) is 1. The van der Waals surface area contributed by atoms with Crippen molar-refractivity contribution >= 4 is 11.8 Å². The lowest BCUT2D eigenvalue weighted by atomic mass is 10.0. The summed E-state index contributed by atoms with van der Waals surface area (Å²) in [7, 11) is 4.34. The van der Waals surface area contributed by atoms with E-state index in [2.05, 4.69) is 34.1 Å². The molecule has 7 heteroatoms. The minimum Gasteiger partial charge on any atom is -0.353 e. The second-order valence-corrected chi connectivity index (χ2v) is 8.74. The largest absolute Gasteiger partial charge is 0.353 e. The Hall–Kier alpha value is -1.18. The summed E-state index contributed by atoms with van der Waals surface area (Å²) < 4.78 is 0. The maximum absolute atomic E-state index is 13.0. The van der Waals surface area contributed by atoms with E-state index in [0.29, 0.717) is 19.0 Å². The van der Waals surface area contributed by atoms with Crippen molar-refractivity contribution in [1.82, 2.24) is 24.9 Å². The van der Waals surface area contributed by atoms with Crippen LogP contribution in [0.5, 0.6) is 0 Å². The van der Waals surface area contributed by atoms with Gasteiger partial charge < -0.3 is 15.1 Å². The highest BCUT2D eigenvalue weighted by Crippen LogP contribution is 2.31. The first-order valence-electron chi connectivity index (χ1n) is 11.2. The number of amides is 2. The number of nitrogens with one attached hydrogen (secondary N) is 1. The number of carbonyl (C=O) groups is 2. The van der Waals surface area contributed by atoms with Gasteiger partial charge in [-0.25, -0.2) is 0 Å². The Kier molecular flexibility index (Phi) is 7.34. The number of rotatable bonds is 6. The predicted octanol–water partition coefficient (Wildman–Crippen LogP) is 0.602. The van der Waals surface area contributed by atoms with Crippen molar-refractivity contribution in [3.05, 3.63) is 0 Å². The molecule has 2 amide bonds. The Morgan fingerprint density at radius 1 is 1.11 bits per heavy atom. The van der Waals surface area contributed by atoms with Crippen LogP contribution in [0.3, 0.4) is 0 Å². The topological polar surface area (TPSA) is 59.1 Å². The van der Waals surface area contributed by atoms with Crippen molar-refractivity contribution in [3.8, 4) is 0 Å². The van der Waals surface area contributed by atoms with Crippen molar-refractivity contribution in [3.63, 3.8) is 0 Å². The number of carbonyl (C=O) groups excluding carboxylic acids is 2. The molecule has 0 aromatic rings. The quantitative estimate of drug-likeness (QED) is 0.716. The third-order valence-electron chi connectivity index (χ3n) is 7.25. The van der Waals surface area contributed by atoms with Crippen LogP contribution >= 0.6 is 0 Å². The summed E-state index contributed by atoms with van der Waals surface area (Å²) in [6.07, 6.45) is 4.71. The van der Waals surface area contributed by atoms with E-state index in [9.17, 15) is 9.59 Å². The normalized spacial score (nSPS) is 30.7. The molecule has 0 spiro atoms. The van der Waals surface area contributed by atoms with Crippen molar-refractivity contribution in [1.29, 1.82) is 0 Å². The summed E-state index contributed by atoms with van der Waals surface area (Å²) in [5.74, 6) is 0.413. The van der Waals surface area contributed by atoms with Crippen LogP contribution in [-0.2, 0) is 9.59 Å². The molecule has 1 N–H and O–H groups in total. The lowest BCUT2D eigenvalue weighted by Crippen LogP contribution is -2.54. The Balaban J connectivity index is 1.63. The molecule has 0 aliphatic carbocycles. The maximum Gasteiger partial charge on any atom is 0.239 e. The molecule has 3 aliphatic heterocycles. The highest BCUT2D eigenvalue weighted by Gasteiger charge is 2.47. The van der Waals surface area contributed by atoms with E-state index < -0.39 is 0 Å². The van der Waals surface area contributed by atoms with E-state index in [0.717, 1.165) is 58.4 Å². The average molecular weight is 394 g/mol. The molecule has 0 aromatic carbocycles. The molecule has 0 bridgehead atoms. The molecule has 3 heterocycles. The van der Waals surface area contributed by atoms with Crippen LogP contribution in [0.25, 0.3) is 0 Å². The molecule has 0 saturated carbocycles. The molecule has 7 nitrogen and oxygen atoms in total. The van der Waals surface area contributed by atoms with Crippen LogP contribution < -0.4 is 5.32 Å². The standard InChI is InChI=1S/C21H39N5O2/c1-5-25(6-2)19(27)8-7-17-15-22-21(28)20-18(24(17)4)11-14-26(20)16-9-12-23(3)13-10-16/h16-18,20H,5-15H2,1-4H3,(H,22,28). The highest BCUT2D eigenvalue weighted by atomic mass is 16.2. The molecular formula is C21H39N5O2. The van der Waals surface area contributed by atoms with Crippen LogP contribution in [0.2, 0.25) is 0 Å². The number of hydrogen-bond acceptors (Lipinski definition) is 5. The first kappa shape index (κ1) is 21.5. The summed E-state index contributed by atoms with van der Waals surface area (Å²) in [4.78, 5) is 34.6. The summed E-state index contributed by atoms with van der Waals surface area (Å²) in [5, 5.41) is 3.20. The van der Waals surface area contributed by atoms with Crippen LogP contribution in [0, 0.1) is 0 Å². The van der Waals surface area contributed by atoms with E-state index in [-0.39, 0.29) is 29.9 Å². The van der Waals surface area contributed by atoms with Gasteiger partial charge in [-0.05, 0) is 66.7 Å². The molecule has 28 heavy (non-hydrogen) atoms. The molecule has 3 atom stereocenters. The Labute approximate surface area is 170 Å². The van der Waals surface area contributed by atoms with Gasteiger partial charge in [0.25, 0.3) is 0 Å². The molecule has 3 saturated heterocycles. The Morgan fingerprint density at radius 2 is 1.79 bits per heavy atom. The van der Waals surface area contributed by atoms with E-state index in [1.807, 2.05) is 18.7 Å². The predicted molar refractivity (Wildman–Crippen MR) is 111 cm³/mol. The number of nitrogens with zero attached hydrogens (tertiary/aromatic N) is 4. The zero-order valence-corrected chi connectivity index (χ0v) is 18.2. The fourth-order valence-corrected chi connectivity index (χ4v) is 5.36. The van der Waals surface area contributed by atoms with Gasteiger partial charge in [0, 0.05) is 50.7 Å². The third-order valence-corrected chi connectivity index (χ3v) is 7.25. The number of piperidine rings is 1. The van der Waals surface area contributed by atoms with E-state index >= 15 is 0 Å². The van der Waals surface area contributed by atoms with Gasteiger partial charge in [-0.1, -0.05) is 0 Å². The molecule has 0 radical (unpaired) electrons. The van der Waals surface area contributed by atoms with Gasteiger partial charge >= 0.3 is 0 Å². The van der Waals surface area contributed by atoms with Crippen molar-refractivity contribution in [2.45, 2.75) is 70.1 Å². The van der Waals surface area contributed by atoms with Crippen LogP contribution in [0.4, 0.5) is 0 Å². The van der Waals surface area contributed by atoms with Gasteiger partial charge in [0.15, 0.2) is 0 Å². The molecule has 3 unspecified atom stereocenters. The van der Waals surface area contributed by atoms with Gasteiger partial charge in [-0.2, -0.15) is 0 Å². The SMILES string of the molecule is CCN(CC)C(=O)CCC1CNC(=O)C2C(CCN2C2CCN(C)CC2)N1C. The van der Waals surface area contributed by atoms with Crippen molar-refractivity contribution in [2.24, 2.45) is 0 Å². The first-order chi connectivity index (χ1) is 13.5. The molecule has 160 valence electrons. The van der Waals surface area contributed by atoms with Gasteiger partial charge in [0.1, 0.15) is 6.04 Å². The summed E-state index contributed by atoms with van der Waals surface area (Å²) >= 11 is 0. The van der Waals surface area contributed by atoms with Gasteiger partial charge in [0.2, 0.25) is 11.8 Å². The van der Waals surface area contributed by atoms with Crippen molar-refractivity contribution in [2.75, 3.05) is 53.4 Å². The van der Waals surface area contributed by atoms with E-state index in [4.69, 9.17) is 0 Å². The monoisotopic (exact) mass is 393 g/mol. The summed E-state index contributed by atoms with van der Waals surface area (Å²) in [6, 6.07) is 0.972. The Bertz CT molecular complexity index is 545. The molecule has 3 aliphatic rings. The fraction of sp³-hybridized carbons (Fsp3) is 0.905. The molecule has 0 aromatic heterocycles.